The fraction of sp³-hybridized carbons (Fsp3) is 0.357. The third kappa shape index (κ3) is 3.33. The zero-order valence-electron chi connectivity index (χ0n) is 11.3. The molecule has 0 fully saturated rings. The highest BCUT2D eigenvalue weighted by atomic mass is 35.5. The van der Waals surface area contributed by atoms with Crippen LogP contribution >= 0.6 is 11.6 Å². The Bertz CT molecular complexity index is 580. The molecule has 0 aliphatic rings. The van der Waals surface area contributed by atoms with E-state index in [0.29, 0.717) is 18.2 Å². The van der Waals surface area contributed by atoms with Gasteiger partial charge in [0.2, 0.25) is 0 Å². The van der Waals surface area contributed by atoms with E-state index in [1.165, 1.54) is 6.07 Å². The third-order valence-corrected chi connectivity index (χ3v) is 3.51. The van der Waals surface area contributed by atoms with Crippen molar-refractivity contribution in [3.05, 3.63) is 52.1 Å². The zero-order chi connectivity index (χ0) is 14.0. The van der Waals surface area contributed by atoms with Crippen LogP contribution in [0.5, 0.6) is 0 Å². The summed E-state index contributed by atoms with van der Waals surface area (Å²) in [5, 5.41) is 4.94. The Labute approximate surface area is 117 Å². The maximum atomic E-state index is 13.1. The molecule has 0 bridgehead atoms. The summed E-state index contributed by atoms with van der Waals surface area (Å²) >= 11 is 6.20. The average Bonchev–Trinajstić information content (AvgIpc) is 2.56. The molecule has 0 unspecified atom stereocenters. The van der Waals surface area contributed by atoms with Crippen LogP contribution in [0, 0.1) is 12.7 Å². The molecule has 0 saturated heterocycles. The Kier molecular flexibility index (Phi) is 4.22. The largest absolute Gasteiger partial charge is 0.298 e. The second-order valence-electron chi connectivity index (χ2n) is 4.78. The van der Waals surface area contributed by atoms with E-state index in [-0.39, 0.29) is 5.82 Å². The SMILES string of the molecule is Cc1nn(C)c(Cl)c1CN(C)Cc1cccc(F)c1. The molecule has 19 heavy (non-hydrogen) atoms. The first-order chi connectivity index (χ1) is 8.97. The van der Waals surface area contributed by atoms with Crippen molar-refractivity contribution in [3.63, 3.8) is 0 Å². The smallest absolute Gasteiger partial charge is 0.131 e. The summed E-state index contributed by atoms with van der Waals surface area (Å²) in [4.78, 5) is 2.09. The van der Waals surface area contributed by atoms with Gasteiger partial charge in [-0.3, -0.25) is 9.58 Å². The van der Waals surface area contributed by atoms with Gasteiger partial charge in [0, 0.05) is 25.7 Å². The van der Waals surface area contributed by atoms with Crippen molar-refractivity contribution >= 4 is 11.6 Å². The minimum Gasteiger partial charge on any atom is -0.298 e. The van der Waals surface area contributed by atoms with Crippen LogP contribution in [0.2, 0.25) is 5.15 Å². The number of hydrogen-bond acceptors (Lipinski definition) is 2. The fourth-order valence-corrected chi connectivity index (χ4v) is 2.36. The van der Waals surface area contributed by atoms with Crippen molar-refractivity contribution in [2.24, 2.45) is 7.05 Å². The Morgan fingerprint density at radius 3 is 2.68 bits per heavy atom. The van der Waals surface area contributed by atoms with Crippen LogP contribution in [0.4, 0.5) is 4.39 Å². The van der Waals surface area contributed by atoms with E-state index in [9.17, 15) is 4.39 Å². The number of hydrogen-bond donors (Lipinski definition) is 0. The number of aryl methyl sites for hydroxylation is 2. The normalized spacial score (nSPS) is 11.3. The Hall–Kier alpha value is -1.39. The number of benzene rings is 1. The van der Waals surface area contributed by atoms with Gasteiger partial charge in [0.25, 0.3) is 0 Å². The zero-order valence-corrected chi connectivity index (χ0v) is 12.1. The summed E-state index contributed by atoms with van der Waals surface area (Å²) in [6, 6.07) is 6.64. The molecule has 102 valence electrons. The highest BCUT2D eigenvalue weighted by molar-refractivity contribution is 6.30. The van der Waals surface area contributed by atoms with Gasteiger partial charge in [0.15, 0.2) is 0 Å². The molecule has 3 nitrogen and oxygen atoms in total. The van der Waals surface area contributed by atoms with Crippen molar-refractivity contribution in [3.8, 4) is 0 Å². The molecule has 1 aromatic heterocycles. The van der Waals surface area contributed by atoms with Gasteiger partial charge in [-0.2, -0.15) is 5.10 Å². The van der Waals surface area contributed by atoms with Crippen LogP contribution in [-0.2, 0) is 20.1 Å². The summed E-state index contributed by atoms with van der Waals surface area (Å²) < 4.78 is 14.8. The molecule has 1 heterocycles. The molecule has 0 saturated carbocycles. The van der Waals surface area contributed by atoms with E-state index in [1.54, 1.807) is 16.8 Å². The van der Waals surface area contributed by atoms with Crippen molar-refractivity contribution in [1.82, 2.24) is 14.7 Å². The molecule has 0 atom stereocenters. The highest BCUT2D eigenvalue weighted by Gasteiger charge is 2.13. The number of aromatic nitrogens is 2. The van der Waals surface area contributed by atoms with Gasteiger partial charge in [-0.25, -0.2) is 4.39 Å². The molecule has 0 radical (unpaired) electrons. The monoisotopic (exact) mass is 281 g/mol. The lowest BCUT2D eigenvalue weighted by Crippen LogP contribution is -2.17. The summed E-state index contributed by atoms with van der Waals surface area (Å²) in [7, 11) is 3.80. The Morgan fingerprint density at radius 1 is 1.37 bits per heavy atom. The van der Waals surface area contributed by atoms with Gasteiger partial charge < -0.3 is 0 Å². The quantitative estimate of drug-likeness (QED) is 0.858. The van der Waals surface area contributed by atoms with E-state index in [2.05, 4.69) is 10.00 Å². The molecular formula is C14H17ClFN3. The fourth-order valence-electron chi connectivity index (χ4n) is 2.13. The second-order valence-corrected chi connectivity index (χ2v) is 5.14. The van der Waals surface area contributed by atoms with E-state index in [1.807, 2.05) is 27.1 Å². The summed E-state index contributed by atoms with van der Waals surface area (Å²) in [6.45, 7) is 3.30. The van der Waals surface area contributed by atoms with Gasteiger partial charge in [0.1, 0.15) is 11.0 Å². The van der Waals surface area contributed by atoms with Crippen molar-refractivity contribution in [2.75, 3.05) is 7.05 Å². The molecular weight excluding hydrogens is 265 g/mol. The van der Waals surface area contributed by atoms with Crippen LogP contribution in [0.3, 0.4) is 0 Å². The molecule has 0 N–H and O–H groups in total. The van der Waals surface area contributed by atoms with Gasteiger partial charge >= 0.3 is 0 Å². The molecule has 0 aliphatic heterocycles. The van der Waals surface area contributed by atoms with Crippen LogP contribution < -0.4 is 0 Å². The molecule has 5 heteroatoms. The highest BCUT2D eigenvalue weighted by Crippen LogP contribution is 2.20. The lowest BCUT2D eigenvalue weighted by atomic mass is 10.2. The molecule has 0 spiro atoms. The molecule has 0 amide bonds. The van der Waals surface area contributed by atoms with E-state index in [4.69, 9.17) is 11.6 Å². The first-order valence-electron chi connectivity index (χ1n) is 6.08. The number of rotatable bonds is 4. The minimum atomic E-state index is -0.207. The van der Waals surface area contributed by atoms with Crippen molar-refractivity contribution < 1.29 is 4.39 Å². The lowest BCUT2D eigenvalue weighted by Gasteiger charge is -2.16. The molecule has 0 aliphatic carbocycles. The predicted molar refractivity (Wildman–Crippen MR) is 74.5 cm³/mol. The first kappa shape index (κ1) is 14.0. The maximum Gasteiger partial charge on any atom is 0.131 e. The lowest BCUT2D eigenvalue weighted by molar-refractivity contribution is 0.318. The topological polar surface area (TPSA) is 21.1 Å². The maximum absolute atomic E-state index is 13.1. The third-order valence-electron chi connectivity index (χ3n) is 3.04. The van der Waals surface area contributed by atoms with Gasteiger partial charge in [0.05, 0.1) is 5.69 Å². The van der Waals surface area contributed by atoms with Crippen molar-refractivity contribution in [2.45, 2.75) is 20.0 Å². The molecule has 2 rings (SSSR count). The van der Waals surface area contributed by atoms with Gasteiger partial charge in [-0.15, -0.1) is 0 Å². The van der Waals surface area contributed by atoms with Crippen LogP contribution in [-0.4, -0.2) is 21.7 Å². The summed E-state index contributed by atoms with van der Waals surface area (Å²) in [5.74, 6) is -0.207. The van der Waals surface area contributed by atoms with Crippen LogP contribution in [0.1, 0.15) is 16.8 Å². The Morgan fingerprint density at radius 2 is 2.11 bits per heavy atom. The minimum absolute atomic E-state index is 0.207. The molecule has 1 aromatic carbocycles. The average molecular weight is 282 g/mol. The van der Waals surface area contributed by atoms with E-state index >= 15 is 0 Å². The van der Waals surface area contributed by atoms with Gasteiger partial charge in [-0.1, -0.05) is 23.7 Å². The standard InChI is InChI=1S/C14H17ClFN3/c1-10-13(14(15)19(3)17-10)9-18(2)8-11-5-4-6-12(16)7-11/h4-7H,8-9H2,1-3H3. The van der Waals surface area contributed by atoms with Crippen LogP contribution in [0.15, 0.2) is 24.3 Å². The predicted octanol–water partition coefficient (Wildman–Crippen LogP) is 3.15. The van der Waals surface area contributed by atoms with Crippen LogP contribution in [0.25, 0.3) is 0 Å². The summed E-state index contributed by atoms with van der Waals surface area (Å²) in [6.07, 6.45) is 0. The Balaban J connectivity index is 2.07. The second kappa shape index (κ2) is 5.72. The summed E-state index contributed by atoms with van der Waals surface area (Å²) in [5.41, 5.74) is 2.89. The van der Waals surface area contributed by atoms with Gasteiger partial charge in [-0.05, 0) is 31.7 Å². The van der Waals surface area contributed by atoms with E-state index < -0.39 is 0 Å². The van der Waals surface area contributed by atoms with Crippen molar-refractivity contribution in [1.29, 1.82) is 0 Å². The van der Waals surface area contributed by atoms with E-state index in [0.717, 1.165) is 16.8 Å². The number of halogens is 2. The number of nitrogens with zero attached hydrogens (tertiary/aromatic N) is 3. The molecule has 2 aromatic rings. The first-order valence-corrected chi connectivity index (χ1v) is 6.46.